The molecule has 44 heavy (non-hydrogen) atoms. The zero-order valence-electron chi connectivity index (χ0n) is 24.9. The average molecular weight is 565 g/mol. The van der Waals surface area contributed by atoms with Crippen molar-refractivity contribution in [2.75, 3.05) is 0 Å². The number of rotatable bonds is 4. The number of benzene rings is 6. The van der Waals surface area contributed by atoms with Crippen LogP contribution in [0.4, 0.5) is 0 Å². The minimum absolute atomic E-state index is 0.251. The molecule has 1 aliphatic carbocycles. The van der Waals surface area contributed by atoms with Gasteiger partial charge in [0.05, 0.1) is 27.8 Å². The molecule has 7 aromatic rings. The molecule has 1 aromatic heterocycles. The number of nitrogens with zero attached hydrogens (tertiary/aromatic N) is 2. The van der Waals surface area contributed by atoms with E-state index in [0.717, 1.165) is 33.5 Å². The highest BCUT2D eigenvalue weighted by Gasteiger charge is 2.54. The van der Waals surface area contributed by atoms with Crippen molar-refractivity contribution < 1.29 is 0 Å². The Morgan fingerprint density at radius 1 is 0.386 bits per heavy atom. The van der Waals surface area contributed by atoms with Crippen LogP contribution in [0.25, 0.3) is 44.7 Å². The molecule has 0 bridgehead atoms. The van der Waals surface area contributed by atoms with Crippen LogP contribution < -0.4 is 0 Å². The van der Waals surface area contributed by atoms with Crippen molar-refractivity contribution in [2.45, 2.75) is 24.7 Å². The van der Waals surface area contributed by atoms with E-state index < -0.39 is 5.41 Å². The van der Waals surface area contributed by atoms with Crippen LogP contribution >= 0.6 is 0 Å². The summed E-state index contributed by atoms with van der Waals surface area (Å²) < 4.78 is 0. The predicted molar refractivity (Wildman–Crippen MR) is 182 cm³/mol. The zero-order valence-corrected chi connectivity index (χ0v) is 24.9. The van der Waals surface area contributed by atoms with Gasteiger partial charge in [0.15, 0.2) is 0 Å². The highest BCUT2D eigenvalue weighted by Crippen LogP contribution is 2.60. The summed E-state index contributed by atoms with van der Waals surface area (Å²) in [4.78, 5) is 10.3. The molecule has 0 saturated carbocycles. The van der Waals surface area contributed by atoms with E-state index in [4.69, 9.17) is 9.97 Å². The van der Waals surface area contributed by atoms with Crippen molar-refractivity contribution in [3.8, 4) is 33.6 Å². The Kier molecular flexibility index (Phi) is 6.06. The molecule has 0 N–H and O–H groups in total. The first kappa shape index (κ1) is 26.3. The number of hydrogen-bond donors (Lipinski definition) is 0. The number of para-hydroxylation sites is 2. The third-order valence-corrected chi connectivity index (χ3v) is 9.58. The van der Waals surface area contributed by atoms with Crippen molar-refractivity contribution in [3.63, 3.8) is 0 Å². The van der Waals surface area contributed by atoms with E-state index in [-0.39, 0.29) is 5.41 Å². The normalized spacial score (nSPS) is 16.7. The molecule has 1 aliphatic rings. The molecular formula is C42H32N2. The van der Waals surface area contributed by atoms with Crippen LogP contribution in [0.15, 0.2) is 158 Å². The summed E-state index contributed by atoms with van der Waals surface area (Å²) in [6.07, 6.45) is 0. The average Bonchev–Trinajstić information content (AvgIpc) is 3.09. The summed E-state index contributed by atoms with van der Waals surface area (Å²) in [5, 5.41) is 0. The third-order valence-electron chi connectivity index (χ3n) is 9.58. The second-order valence-corrected chi connectivity index (χ2v) is 12.2. The molecule has 0 amide bonds. The fraction of sp³-hybridized carbons (Fsp3) is 0.0952. The Labute approximate surface area is 258 Å². The number of fused-ring (bicyclic) bond motifs is 4. The molecule has 1 atom stereocenters. The summed E-state index contributed by atoms with van der Waals surface area (Å²) >= 11 is 0. The van der Waals surface area contributed by atoms with Crippen molar-refractivity contribution in [3.05, 3.63) is 180 Å². The predicted octanol–water partition coefficient (Wildman–Crippen LogP) is 10.3. The molecular weight excluding hydrogens is 532 g/mol. The van der Waals surface area contributed by atoms with Gasteiger partial charge in [-0.1, -0.05) is 159 Å². The van der Waals surface area contributed by atoms with Gasteiger partial charge >= 0.3 is 0 Å². The maximum Gasteiger partial charge on any atom is 0.0973 e. The van der Waals surface area contributed by atoms with Gasteiger partial charge in [0.2, 0.25) is 0 Å². The fourth-order valence-corrected chi connectivity index (χ4v) is 7.61. The molecule has 0 saturated heterocycles. The lowest BCUT2D eigenvalue weighted by molar-refractivity contribution is 0.353. The van der Waals surface area contributed by atoms with Crippen LogP contribution in [0.3, 0.4) is 0 Å². The first-order valence-corrected chi connectivity index (χ1v) is 15.3. The molecule has 0 fully saturated rings. The molecule has 1 unspecified atom stereocenters. The van der Waals surface area contributed by atoms with E-state index in [0.29, 0.717) is 0 Å². The molecule has 2 nitrogen and oxygen atoms in total. The van der Waals surface area contributed by atoms with Gasteiger partial charge in [-0.2, -0.15) is 0 Å². The number of aromatic nitrogens is 2. The molecule has 210 valence electrons. The van der Waals surface area contributed by atoms with Crippen LogP contribution in [0.1, 0.15) is 36.1 Å². The van der Waals surface area contributed by atoms with Gasteiger partial charge in [0.1, 0.15) is 0 Å². The largest absolute Gasteiger partial charge is 0.244 e. The lowest BCUT2D eigenvalue weighted by Gasteiger charge is -2.53. The van der Waals surface area contributed by atoms with Crippen LogP contribution in [-0.2, 0) is 10.8 Å². The van der Waals surface area contributed by atoms with Gasteiger partial charge in [0, 0.05) is 16.5 Å². The van der Waals surface area contributed by atoms with Crippen LogP contribution in [0, 0.1) is 0 Å². The fourth-order valence-electron chi connectivity index (χ4n) is 7.61. The topological polar surface area (TPSA) is 25.8 Å². The van der Waals surface area contributed by atoms with Crippen LogP contribution in [0.5, 0.6) is 0 Å². The van der Waals surface area contributed by atoms with Gasteiger partial charge in [-0.25, -0.2) is 9.97 Å². The van der Waals surface area contributed by atoms with Crippen LogP contribution in [-0.4, -0.2) is 9.97 Å². The molecule has 8 rings (SSSR count). The van der Waals surface area contributed by atoms with E-state index in [1.54, 1.807) is 0 Å². The van der Waals surface area contributed by atoms with E-state index in [2.05, 4.69) is 141 Å². The summed E-state index contributed by atoms with van der Waals surface area (Å²) in [5.74, 6) is 0. The van der Waals surface area contributed by atoms with Gasteiger partial charge in [-0.15, -0.1) is 0 Å². The molecule has 2 heteroatoms. The first-order chi connectivity index (χ1) is 21.6. The van der Waals surface area contributed by atoms with E-state index in [1.165, 1.54) is 33.4 Å². The van der Waals surface area contributed by atoms with Gasteiger partial charge in [-0.3, -0.25) is 0 Å². The van der Waals surface area contributed by atoms with Crippen molar-refractivity contribution in [2.24, 2.45) is 0 Å². The zero-order chi connectivity index (χ0) is 29.7. The SMILES string of the molecule is CC1(C)c2ccccc2-c2ccccc2C1(c1ccccc1)c1ccc(-c2nc3ccccc3nc2-c2ccccc2)cc1. The summed E-state index contributed by atoms with van der Waals surface area (Å²) in [5.41, 5.74) is 12.9. The summed E-state index contributed by atoms with van der Waals surface area (Å²) in [7, 11) is 0. The maximum absolute atomic E-state index is 5.17. The van der Waals surface area contributed by atoms with Crippen molar-refractivity contribution >= 4 is 11.0 Å². The lowest BCUT2D eigenvalue weighted by atomic mass is 9.49. The molecule has 6 aromatic carbocycles. The van der Waals surface area contributed by atoms with E-state index in [1.807, 2.05) is 30.3 Å². The van der Waals surface area contributed by atoms with Gasteiger partial charge in [0.25, 0.3) is 0 Å². The van der Waals surface area contributed by atoms with Crippen molar-refractivity contribution in [1.82, 2.24) is 9.97 Å². The Bertz CT molecular complexity index is 2130. The van der Waals surface area contributed by atoms with Gasteiger partial charge < -0.3 is 0 Å². The van der Waals surface area contributed by atoms with E-state index >= 15 is 0 Å². The summed E-state index contributed by atoms with van der Waals surface area (Å²) in [6, 6.07) is 56.5. The standard InChI is InChI=1S/C42H32N2/c1-41(2)35-21-11-9-19-33(35)34-20-10-12-22-36(34)42(41,31-17-7-4-8-18-31)32-27-25-30(26-28-32)40-39(29-15-5-3-6-16-29)43-37-23-13-14-24-38(37)44-40/h3-28H,1-2H3. The monoisotopic (exact) mass is 564 g/mol. The van der Waals surface area contributed by atoms with E-state index in [9.17, 15) is 0 Å². The van der Waals surface area contributed by atoms with Crippen molar-refractivity contribution in [1.29, 1.82) is 0 Å². The molecule has 0 radical (unpaired) electrons. The molecule has 1 heterocycles. The maximum atomic E-state index is 5.17. The Balaban J connectivity index is 1.38. The number of hydrogen-bond acceptors (Lipinski definition) is 2. The highest BCUT2D eigenvalue weighted by atomic mass is 14.8. The summed E-state index contributed by atoms with van der Waals surface area (Å²) in [6.45, 7) is 4.82. The van der Waals surface area contributed by atoms with Crippen LogP contribution in [0.2, 0.25) is 0 Å². The Morgan fingerprint density at radius 2 is 0.818 bits per heavy atom. The molecule has 0 spiro atoms. The minimum Gasteiger partial charge on any atom is -0.244 e. The smallest absolute Gasteiger partial charge is 0.0973 e. The second kappa shape index (κ2) is 10.1. The first-order valence-electron chi connectivity index (χ1n) is 15.3. The lowest BCUT2D eigenvalue weighted by Crippen LogP contribution is -2.49. The second-order valence-electron chi connectivity index (χ2n) is 12.2. The Morgan fingerprint density at radius 3 is 1.43 bits per heavy atom. The quantitative estimate of drug-likeness (QED) is 0.213. The molecule has 0 aliphatic heterocycles. The minimum atomic E-state index is -0.422. The Hall–Kier alpha value is -5.34. The third kappa shape index (κ3) is 3.81. The highest BCUT2D eigenvalue weighted by molar-refractivity contribution is 5.87. The van der Waals surface area contributed by atoms with Gasteiger partial charge in [-0.05, 0) is 45.5 Å².